The van der Waals surface area contributed by atoms with Crippen LogP contribution in [0, 0.1) is 6.92 Å². The molecule has 4 rings (SSSR count). The van der Waals surface area contributed by atoms with Crippen molar-refractivity contribution in [3.8, 4) is 11.5 Å². The number of carbonyl (C=O) groups is 2. The maximum absolute atomic E-state index is 13.4. The van der Waals surface area contributed by atoms with Crippen LogP contribution in [0.3, 0.4) is 0 Å². The molecule has 2 aromatic carbocycles. The molecule has 2 heterocycles. The highest BCUT2D eigenvalue weighted by molar-refractivity contribution is 6.46. The van der Waals surface area contributed by atoms with E-state index in [1.165, 1.54) is 0 Å². The third-order valence-electron chi connectivity index (χ3n) is 6.70. The fraction of sp³-hybridized carbons (Fsp3) is 0.429. The minimum Gasteiger partial charge on any atom is -0.507 e. The molecule has 2 aromatic rings. The van der Waals surface area contributed by atoms with Gasteiger partial charge in [0.25, 0.3) is 11.7 Å². The molecule has 2 aliphatic rings. The van der Waals surface area contributed by atoms with Crippen molar-refractivity contribution in [3.05, 3.63) is 64.7 Å². The number of ether oxygens (including phenoxy) is 3. The second-order valence-electron chi connectivity index (χ2n) is 8.96. The minimum atomic E-state index is -0.750. The van der Waals surface area contributed by atoms with Crippen LogP contribution in [0.25, 0.3) is 5.76 Å². The molecule has 192 valence electrons. The molecule has 8 nitrogen and oxygen atoms in total. The molecule has 1 amide bonds. The van der Waals surface area contributed by atoms with Crippen LogP contribution < -0.4 is 9.47 Å². The van der Waals surface area contributed by atoms with Crippen molar-refractivity contribution in [1.29, 1.82) is 0 Å². The largest absolute Gasteiger partial charge is 0.507 e. The lowest BCUT2D eigenvalue weighted by Gasteiger charge is -2.29. The van der Waals surface area contributed by atoms with E-state index in [9.17, 15) is 14.7 Å². The summed E-state index contributed by atoms with van der Waals surface area (Å²) in [6.45, 7) is 8.47. The molecule has 36 heavy (non-hydrogen) atoms. The monoisotopic (exact) mass is 494 g/mol. The summed E-state index contributed by atoms with van der Waals surface area (Å²) in [5.41, 5.74) is 2.02. The SMILES string of the molecule is CCOc1ccccc1[C@H]1/C(=C(\O)c2ccc(OC)c(C)c2)C(=O)C(=O)N1CCCN1CCOCC1. The first-order valence-electron chi connectivity index (χ1n) is 12.4. The Hall–Kier alpha value is -3.36. The Bertz CT molecular complexity index is 1140. The maximum Gasteiger partial charge on any atom is 0.295 e. The van der Waals surface area contributed by atoms with E-state index in [-0.39, 0.29) is 11.3 Å². The van der Waals surface area contributed by atoms with Crippen LogP contribution in [0.5, 0.6) is 11.5 Å². The summed E-state index contributed by atoms with van der Waals surface area (Å²) < 4.78 is 16.6. The average molecular weight is 495 g/mol. The predicted octanol–water partition coefficient (Wildman–Crippen LogP) is 3.55. The van der Waals surface area contributed by atoms with Gasteiger partial charge in [0, 0.05) is 37.3 Å². The summed E-state index contributed by atoms with van der Waals surface area (Å²) >= 11 is 0. The van der Waals surface area contributed by atoms with Crippen LogP contribution in [-0.2, 0) is 14.3 Å². The summed E-state index contributed by atoms with van der Waals surface area (Å²) in [5, 5.41) is 11.4. The van der Waals surface area contributed by atoms with Gasteiger partial charge in [0.15, 0.2) is 0 Å². The van der Waals surface area contributed by atoms with Gasteiger partial charge in [-0.1, -0.05) is 18.2 Å². The molecule has 0 bridgehead atoms. The summed E-state index contributed by atoms with van der Waals surface area (Å²) in [5.74, 6) is -0.245. The van der Waals surface area contributed by atoms with E-state index in [0.717, 1.165) is 25.2 Å². The molecule has 2 aliphatic heterocycles. The van der Waals surface area contributed by atoms with Gasteiger partial charge in [-0.15, -0.1) is 0 Å². The average Bonchev–Trinajstić information content (AvgIpc) is 3.14. The van der Waals surface area contributed by atoms with Crippen LogP contribution in [0.15, 0.2) is 48.0 Å². The van der Waals surface area contributed by atoms with Gasteiger partial charge in [-0.3, -0.25) is 14.5 Å². The summed E-state index contributed by atoms with van der Waals surface area (Å²) in [6, 6.07) is 11.8. The van der Waals surface area contributed by atoms with Gasteiger partial charge in [0.2, 0.25) is 0 Å². The Labute approximate surface area is 212 Å². The number of benzene rings is 2. The first-order valence-corrected chi connectivity index (χ1v) is 12.4. The van der Waals surface area contributed by atoms with E-state index >= 15 is 0 Å². The molecule has 8 heteroatoms. The molecule has 0 spiro atoms. The molecular formula is C28H34N2O6. The van der Waals surface area contributed by atoms with Crippen LogP contribution in [0.1, 0.15) is 36.1 Å². The van der Waals surface area contributed by atoms with E-state index in [4.69, 9.17) is 14.2 Å². The highest BCUT2D eigenvalue weighted by Crippen LogP contribution is 2.43. The van der Waals surface area contributed by atoms with Crippen molar-refractivity contribution < 1.29 is 28.9 Å². The molecule has 0 aliphatic carbocycles. The second kappa shape index (κ2) is 11.6. The quantitative estimate of drug-likeness (QED) is 0.324. The van der Waals surface area contributed by atoms with E-state index < -0.39 is 17.7 Å². The summed E-state index contributed by atoms with van der Waals surface area (Å²) in [6.07, 6.45) is 0.696. The zero-order valence-corrected chi connectivity index (χ0v) is 21.2. The van der Waals surface area contributed by atoms with Gasteiger partial charge >= 0.3 is 0 Å². The number of hydrogen-bond donors (Lipinski definition) is 1. The lowest BCUT2D eigenvalue weighted by Crippen LogP contribution is -2.39. The Balaban J connectivity index is 1.73. The standard InChI is InChI=1S/C28H34N2O6/c1-4-36-23-9-6-5-8-21(23)25-24(26(31)20-10-11-22(34-3)19(2)18-20)27(32)28(33)30(25)13-7-12-29-14-16-35-17-15-29/h5-6,8-11,18,25,31H,4,7,12-17H2,1-3H3/b26-24+/t25-/m0/s1. The number of carbonyl (C=O) groups excluding carboxylic acids is 2. The van der Waals surface area contributed by atoms with Crippen molar-refractivity contribution in [1.82, 2.24) is 9.80 Å². The molecule has 0 aromatic heterocycles. The van der Waals surface area contributed by atoms with Gasteiger partial charge in [0.1, 0.15) is 17.3 Å². The number of rotatable bonds is 9. The van der Waals surface area contributed by atoms with E-state index in [0.29, 0.717) is 55.4 Å². The first-order chi connectivity index (χ1) is 17.5. The van der Waals surface area contributed by atoms with Crippen LogP contribution >= 0.6 is 0 Å². The summed E-state index contributed by atoms with van der Waals surface area (Å²) in [7, 11) is 1.58. The molecule has 1 atom stereocenters. The third kappa shape index (κ3) is 5.24. The van der Waals surface area contributed by atoms with E-state index in [2.05, 4.69) is 4.90 Å². The lowest BCUT2D eigenvalue weighted by molar-refractivity contribution is -0.140. The molecule has 0 radical (unpaired) electrons. The molecule has 1 N–H and O–H groups in total. The van der Waals surface area contributed by atoms with Gasteiger partial charge in [0.05, 0.1) is 38.5 Å². The number of aryl methyl sites for hydroxylation is 1. The Morgan fingerprint density at radius 3 is 2.53 bits per heavy atom. The molecule has 0 saturated carbocycles. The smallest absolute Gasteiger partial charge is 0.295 e. The number of para-hydroxylation sites is 1. The van der Waals surface area contributed by atoms with E-state index in [1.54, 1.807) is 30.2 Å². The van der Waals surface area contributed by atoms with Crippen LogP contribution in [0.2, 0.25) is 0 Å². The Kier molecular flexibility index (Phi) is 8.28. The number of amides is 1. The lowest BCUT2D eigenvalue weighted by atomic mass is 9.94. The number of ketones is 1. The highest BCUT2D eigenvalue weighted by atomic mass is 16.5. The Morgan fingerprint density at radius 1 is 1.08 bits per heavy atom. The molecular weight excluding hydrogens is 460 g/mol. The number of nitrogens with zero attached hydrogens (tertiary/aromatic N) is 2. The van der Waals surface area contributed by atoms with Crippen molar-refractivity contribution in [2.75, 3.05) is 53.1 Å². The van der Waals surface area contributed by atoms with Crippen LogP contribution in [-0.4, -0.2) is 79.7 Å². The topological polar surface area (TPSA) is 88.5 Å². The molecule has 0 unspecified atom stereocenters. The fourth-order valence-corrected chi connectivity index (χ4v) is 4.90. The predicted molar refractivity (Wildman–Crippen MR) is 136 cm³/mol. The van der Waals surface area contributed by atoms with Crippen molar-refractivity contribution in [3.63, 3.8) is 0 Å². The number of methoxy groups -OCH3 is 1. The number of Topliss-reactive ketones (excluding diaryl/α,β-unsaturated/α-hetero) is 1. The number of hydrogen-bond acceptors (Lipinski definition) is 7. The zero-order valence-electron chi connectivity index (χ0n) is 21.2. The normalized spacial score (nSPS) is 20.1. The Morgan fingerprint density at radius 2 is 1.83 bits per heavy atom. The van der Waals surface area contributed by atoms with Gasteiger partial charge in [-0.05, 0) is 50.1 Å². The first kappa shape index (κ1) is 25.7. The van der Waals surface area contributed by atoms with Gasteiger partial charge < -0.3 is 24.2 Å². The van der Waals surface area contributed by atoms with Crippen LogP contribution in [0.4, 0.5) is 0 Å². The number of likely N-dealkylation sites (tertiary alicyclic amines) is 1. The van der Waals surface area contributed by atoms with Crippen molar-refractivity contribution in [2.45, 2.75) is 26.3 Å². The van der Waals surface area contributed by atoms with E-state index in [1.807, 2.05) is 38.1 Å². The molecule has 2 fully saturated rings. The maximum atomic E-state index is 13.4. The van der Waals surface area contributed by atoms with Gasteiger partial charge in [-0.2, -0.15) is 0 Å². The number of morpholine rings is 1. The highest BCUT2D eigenvalue weighted by Gasteiger charge is 2.46. The molecule has 2 saturated heterocycles. The third-order valence-corrected chi connectivity index (χ3v) is 6.70. The fourth-order valence-electron chi connectivity index (χ4n) is 4.90. The second-order valence-corrected chi connectivity index (χ2v) is 8.96. The number of aliphatic hydroxyl groups excluding tert-OH is 1. The minimum absolute atomic E-state index is 0.0723. The van der Waals surface area contributed by atoms with Crippen molar-refractivity contribution >= 4 is 17.4 Å². The zero-order chi connectivity index (χ0) is 25.7. The summed E-state index contributed by atoms with van der Waals surface area (Å²) in [4.78, 5) is 30.5. The van der Waals surface area contributed by atoms with Gasteiger partial charge in [-0.25, -0.2) is 0 Å². The number of aliphatic hydroxyl groups is 1. The van der Waals surface area contributed by atoms with Crippen molar-refractivity contribution in [2.24, 2.45) is 0 Å².